The third-order valence-corrected chi connectivity index (χ3v) is 2.40. The van der Waals surface area contributed by atoms with Crippen LogP contribution in [-0.2, 0) is 16.1 Å². The molecule has 0 fully saturated rings. The molecule has 3 nitrogen and oxygen atoms in total. The molecule has 2 aromatic rings. The summed E-state index contributed by atoms with van der Waals surface area (Å²) >= 11 is 0. The van der Waals surface area contributed by atoms with E-state index in [0.29, 0.717) is 0 Å². The van der Waals surface area contributed by atoms with Crippen LogP contribution in [0, 0.1) is 5.82 Å². The fourth-order valence-electron chi connectivity index (χ4n) is 1.75. The molecule has 0 N–H and O–H groups in total. The Morgan fingerprint density at radius 2 is 2.18 bits per heavy atom. The molecule has 0 aliphatic rings. The Bertz CT molecular complexity index is 545. The van der Waals surface area contributed by atoms with Crippen molar-refractivity contribution in [2.45, 2.75) is 26.5 Å². The number of ether oxygens (including phenoxy) is 1. The zero-order valence-corrected chi connectivity index (χ0v) is 9.81. The van der Waals surface area contributed by atoms with Gasteiger partial charge in [-0.15, -0.1) is 0 Å². The first-order chi connectivity index (χ1) is 8.06. The molecule has 0 bridgehead atoms. The van der Waals surface area contributed by atoms with Crippen LogP contribution in [0.1, 0.15) is 13.8 Å². The van der Waals surface area contributed by atoms with Gasteiger partial charge in [0, 0.05) is 17.1 Å². The summed E-state index contributed by atoms with van der Waals surface area (Å²) < 4.78 is 19.8. The summed E-state index contributed by atoms with van der Waals surface area (Å²) in [4.78, 5) is 11.5. The van der Waals surface area contributed by atoms with E-state index in [4.69, 9.17) is 4.74 Å². The van der Waals surface area contributed by atoms with Crippen LogP contribution in [0.3, 0.4) is 0 Å². The standard InChI is InChI=1S/C13H14FNO2/c1-9(2)17-13(16)8-15-6-5-10-7-11(14)3-4-12(10)15/h3-7,9H,8H2,1-2H3. The van der Waals surface area contributed by atoms with E-state index in [2.05, 4.69) is 0 Å². The SMILES string of the molecule is CC(C)OC(=O)Cn1ccc2cc(F)ccc21. The van der Waals surface area contributed by atoms with Crippen LogP contribution in [0.4, 0.5) is 4.39 Å². The van der Waals surface area contributed by atoms with Crippen molar-refractivity contribution in [1.82, 2.24) is 4.57 Å². The molecule has 0 saturated heterocycles. The second-order valence-corrected chi connectivity index (χ2v) is 4.19. The number of benzene rings is 1. The maximum absolute atomic E-state index is 13.0. The third-order valence-electron chi connectivity index (χ3n) is 2.40. The summed E-state index contributed by atoms with van der Waals surface area (Å²) in [5.74, 6) is -0.568. The molecule has 1 aromatic heterocycles. The highest BCUT2D eigenvalue weighted by Crippen LogP contribution is 2.17. The van der Waals surface area contributed by atoms with Crippen molar-refractivity contribution in [3.63, 3.8) is 0 Å². The second kappa shape index (κ2) is 4.57. The maximum Gasteiger partial charge on any atom is 0.326 e. The lowest BCUT2D eigenvalue weighted by Crippen LogP contribution is -2.16. The number of rotatable bonds is 3. The predicted molar refractivity (Wildman–Crippen MR) is 63.1 cm³/mol. The molecule has 90 valence electrons. The van der Waals surface area contributed by atoms with E-state index in [1.54, 1.807) is 36.7 Å². The van der Waals surface area contributed by atoms with Crippen LogP contribution in [-0.4, -0.2) is 16.6 Å². The van der Waals surface area contributed by atoms with Gasteiger partial charge in [0.25, 0.3) is 0 Å². The smallest absolute Gasteiger partial charge is 0.326 e. The lowest BCUT2D eigenvalue weighted by atomic mass is 10.2. The molecular weight excluding hydrogens is 221 g/mol. The van der Waals surface area contributed by atoms with Crippen molar-refractivity contribution >= 4 is 16.9 Å². The van der Waals surface area contributed by atoms with E-state index in [9.17, 15) is 9.18 Å². The minimum absolute atomic E-state index is 0.123. The Hall–Kier alpha value is -1.84. The minimum Gasteiger partial charge on any atom is -0.462 e. The number of esters is 1. The number of halogens is 1. The van der Waals surface area contributed by atoms with E-state index in [-0.39, 0.29) is 24.4 Å². The van der Waals surface area contributed by atoms with Gasteiger partial charge in [-0.2, -0.15) is 0 Å². The summed E-state index contributed by atoms with van der Waals surface area (Å²) in [5.41, 5.74) is 0.826. The largest absolute Gasteiger partial charge is 0.462 e. The quantitative estimate of drug-likeness (QED) is 0.766. The molecule has 2 rings (SSSR count). The number of carbonyl (C=O) groups is 1. The molecule has 0 spiro atoms. The Morgan fingerprint density at radius 1 is 1.41 bits per heavy atom. The van der Waals surface area contributed by atoms with E-state index < -0.39 is 0 Å². The first kappa shape index (κ1) is 11.6. The average molecular weight is 235 g/mol. The Kier molecular flexibility index (Phi) is 3.13. The molecular formula is C13H14FNO2. The van der Waals surface area contributed by atoms with Crippen LogP contribution in [0.15, 0.2) is 30.5 Å². The van der Waals surface area contributed by atoms with Crippen LogP contribution < -0.4 is 0 Å². The summed E-state index contributed by atoms with van der Waals surface area (Å²) in [7, 11) is 0. The Labute approximate surface area is 98.8 Å². The van der Waals surface area contributed by atoms with Gasteiger partial charge in [0.05, 0.1) is 6.10 Å². The normalized spacial score (nSPS) is 11.1. The number of carbonyl (C=O) groups excluding carboxylic acids is 1. The summed E-state index contributed by atoms with van der Waals surface area (Å²) in [6.07, 6.45) is 1.63. The molecule has 0 atom stereocenters. The first-order valence-corrected chi connectivity index (χ1v) is 5.50. The van der Waals surface area contributed by atoms with Crippen molar-refractivity contribution in [2.24, 2.45) is 0 Å². The van der Waals surface area contributed by atoms with E-state index >= 15 is 0 Å². The molecule has 1 heterocycles. The van der Waals surface area contributed by atoms with Gasteiger partial charge in [0.15, 0.2) is 0 Å². The zero-order chi connectivity index (χ0) is 12.4. The zero-order valence-electron chi connectivity index (χ0n) is 9.81. The fraction of sp³-hybridized carbons (Fsp3) is 0.308. The third kappa shape index (κ3) is 2.64. The van der Waals surface area contributed by atoms with Crippen molar-refractivity contribution in [1.29, 1.82) is 0 Å². The summed E-state index contributed by atoms with van der Waals surface area (Å²) in [5, 5.41) is 0.780. The summed E-state index contributed by atoms with van der Waals surface area (Å²) in [6.45, 7) is 3.76. The minimum atomic E-state index is -0.290. The van der Waals surface area contributed by atoms with Crippen LogP contribution in [0.2, 0.25) is 0 Å². The summed E-state index contributed by atoms with van der Waals surface area (Å²) in [6, 6.07) is 6.26. The lowest BCUT2D eigenvalue weighted by Gasteiger charge is -2.09. The number of nitrogens with zero attached hydrogens (tertiary/aromatic N) is 1. The van der Waals surface area contributed by atoms with Crippen LogP contribution >= 0.6 is 0 Å². The van der Waals surface area contributed by atoms with Crippen LogP contribution in [0.25, 0.3) is 10.9 Å². The van der Waals surface area contributed by atoms with Gasteiger partial charge in [-0.1, -0.05) is 0 Å². The maximum atomic E-state index is 13.0. The van der Waals surface area contributed by atoms with Gasteiger partial charge in [0.1, 0.15) is 12.4 Å². The van der Waals surface area contributed by atoms with Gasteiger partial charge in [-0.3, -0.25) is 4.79 Å². The molecule has 0 amide bonds. The molecule has 0 unspecified atom stereocenters. The van der Waals surface area contributed by atoms with Gasteiger partial charge in [0.2, 0.25) is 0 Å². The number of aromatic nitrogens is 1. The van der Waals surface area contributed by atoms with Gasteiger partial charge >= 0.3 is 5.97 Å². The van der Waals surface area contributed by atoms with E-state index in [0.717, 1.165) is 10.9 Å². The molecule has 0 saturated carbocycles. The molecule has 4 heteroatoms. The average Bonchev–Trinajstić information content (AvgIpc) is 2.59. The highest BCUT2D eigenvalue weighted by Gasteiger charge is 2.09. The molecule has 0 aliphatic carbocycles. The van der Waals surface area contributed by atoms with Gasteiger partial charge < -0.3 is 9.30 Å². The van der Waals surface area contributed by atoms with Crippen molar-refractivity contribution < 1.29 is 13.9 Å². The molecule has 0 aliphatic heterocycles. The van der Waals surface area contributed by atoms with E-state index in [1.165, 1.54) is 12.1 Å². The van der Waals surface area contributed by atoms with Crippen molar-refractivity contribution in [2.75, 3.05) is 0 Å². The topological polar surface area (TPSA) is 31.2 Å². The van der Waals surface area contributed by atoms with Crippen molar-refractivity contribution in [3.05, 3.63) is 36.3 Å². The highest BCUT2D eigenvalue weighted by atomic mass is 19.1. The molecule has 17 heavy (non-hydrogen) atoms. The second-order valence-electron chi connectivity index (χ2n) is 4.19. The molecule has 1 aromatic carbocycles. The molecule has 0 radical (unpaired) electrons. The fourth-order valence-corrected chi connectivity index (χ4v) is 1.75. The van der Waals surface area contributed by atoms with E-state index in [1.807, 2.05) is 0 Å². The monoisotopic (exact) mass is 235 g/mol. The number of hydrogen-bond acceptors (Lipinski definition) is 2. The Morgan fingerprint density at radius 3 is 2.88 bits per heavy atom. The highest BCUT2D eigenvalue weighted by molar-refractivity contribution is 5.82. The Balaban J connectivity index is 2.22. The van der Waals surface area contributed by atoms with Gasteiger partial charge in [-0.25, -0.2) is 4.39 Å². The number of fused-ring (bicyclic) bond motifs is 1. The number of hydrogen-bond donors (Lipinski definition) is 0. The van der Waals surface area contributed by atoms with Gasteiger partial charge in [-0.05, 0) is 38.1 Å². The first-order valence-electron chi connectivity index (χ1n) is 5.50. The van der Waals surface area contributed by atoms with Crippen molar-refractivity contribution in [3.8, 4) is 0 Å². The van der Waals surface area contributed by atoms with Crippen LogP contribution in [0.5, 0.6) is 0 Å². The predicted octanol–water partition coefficient (Wildman–Crippen LogP) is 2.73. The lowest BCUT2D eigenvalue weighted by molar-refractivity contribution is -0.148.